The van der Waals surface area contributed by atoms with Gasteiger partial charge in [0.1, 0.15) is 20.4 Å². The van der Waals surface area contributed by atoms with Crippen LogP contribution in [0.1, 0.15) is 38.5 Å². The number of benzene rings is 1. The Morgan fingerprint density at radius 2 is 1.62 bits per heavy atom. The maximum Gasteiger partial charge on any atom is 0.273 e. The van der Waals surface area contributed by atoms with E-state index in [1.807, 2.05) is 6.07 Å². The first-order valence-electron chi connectivity index (χ1n) is 11.0. The topological polar surface area (TPSA) is 75.7 Å². The van der Waals surface area contributed by atoms with Gasteiger partial charge in [0.2, 0.25) is 5.91 Å². The van der Waals surface area contributed by atoms with Crippen LogP contribution in [0.5, 0.6) is 5.75 Å². The first kappa shape index (κ1) is 26.3. The van der Waals surface area contributed by atoms with Gasteiger partial charge >= 0.3 is 0 Å². The van der Waals surface area contributed by atoms with Crippen molar-refractivity contribution in [2.45, 2.75) is 54.9 Å². The summed E-state index contributed by atoms with van der Waals surface area (Å²) in [6.45, 7) is 1.84. The highest BCUT2D eigenvalue weighted by molar-refractivity contribution is 7.92. The number of amides is 1. The standard InChI is InChI=1S/C22H24Cl4N2O4S2/c23-17-6-5-16(11-18(17)24)32-15-7-9-28(10-8-15)14-3-1-13(2-4-14)22(29)27-34(30,31)20-12-19(25)21(26)33-20/h5-6,11-15H,1-4,7-10H2,(H,27,29). The second-order valence-corrected chi connectivity index (χ2v) is 13.4. The third-order valence-electron chi connectivity index (χ3n) is 6.38. The zero-order chi connectivity index (χ0) is 24.5. The zero-order valence-corrected chi connectivity index (χ0v) is 22.8. The third kappa shape index (κ3) is 6.33. The van der Waals surface area contributed by atoms with Crippen molar-refractivity contribution in [1.82, 2.24) is 9.62 Å². The molecule has 2 fully saturated rings. The van der Waals surface area contributed by atoms with E-state index in [1.165, 1.54) is 6.07 Å². The summed E-state index contributed by atoms with van der Waals surface area (Å²) < 4.78 is 33.4. The van der Waals surface area contributed by atoms with E-state index in [2.05, 4.69) is 9.62 Å². The summed E-state index contributed by atoms with van der Waals surface area (Å²) in [6, 6.07) is 6.95. The fraction of sp³-hybridized carbons (Fsp3) is 0.500. The lowest BCUT2D eigenvalue weighted by molar-refractivity contribution is -0.124. The number of nitrogens with zero attached hydrogens (tertiary/aromatic N) is 1. The van der Waals surface area contributed by atoms with Crippen molar-refractivity contribution in [2.24, 2.45) is 5.92 Å². The van der Waals surface area contributed by atoms with Crippen LogP contribution in [0.3, 0.4) is 0 Å². The molecule has 1 N–H and O–H groups in total. The van der Waals surface area contributed by atoms with Crippen LogP contribution in [0.2, 0.25) is 19.4 Å². The first-order chi connectivity index (χ1) is 16.1. The summed E-state index contributed by atoms with van der Waals surface area (Å²) in [6.07, 6.45) is 4.95. The maximum atomic E-state index is 12.6. The summed E-state index contributed by atoms with van der Waals surface area (Å²) in [5, 5.41) is 1.14. The molecule has 12 heteroatoms. The van der Waals surface area contributed by atoms with Gasteiger partial charge in [-0.3, -0.25) is 4.79 Å². The monoisotopic (exact) mass is 584 g/mol. The molecule has 1 saturated heterocycles. The molecule has 1 saturated carbocycles. The normalized spacial score (nSPS) is 22.5. The van der Waals surface area contributed by atoms with Crippen molar-refractivity contribution in [3.63, 3.8) is 0 Å². The Kier molecular flexibility index (Phi) is 8.61. The molecule has 1 amide bonds. The summed E-state index contributed by atoms with van der Waals surface area (Å²) >= 11 is 24.6. The van der Waals surface area contributed by atoms with Crippen LogP contribution >= 0.6 is 57.7 Å². The minimum absolute atomic E-state index is 0.0597. The van der Waals surface area contributed by atoms with E-state index in [9.17, 15) is 13.2 Å². The average molecular weight is 586 g/mol. The van der Waals surface area contributed by atoms with Crippen molar-refractivity contribution in [3.8, 4) is 5.75 Å². The van der Waals surface area contributed by atoms with Gasteiger partial charge < -0.3 is 9.64 Å². The Balaban J connectivity index is 1.23. The van der Waals surface area contributed by atoms with Crippen LogP contribution in [0.25, 0.3) is 0 Å². The molecule has 1 aliphatic carbocycles. The minimum atomic E-state index is -3.97. The van der Waals surface area contributed by atoms with Gasteiger partial charge in [-0.1, -0.05) is 46.4 Å². The molecule has 1 aromatic heterocycles. The van der Waals surface area contributed by atoms with Crippen LogP contribution in [-0.2, 0) is 14.8 Å². The molecule has 186 valence electrons. The lowest BCUT2D eigenvalue weighted by Crippen LogP contribution is -2.46. The molecule has 6 nitrogen and oxygen atoms in total. The average Bonchev–Trinajstić information content (AvgIpc) is 3.16. The SMILES string of the molecule is O=C(NS(=O)(=O)c1cc(Cl)c(Cl)s1)C1CCC(N2CCC(Oc3ccc(Cl)c(Cl)c3)CC2)CC1. The summed E-state index contributed by atoms with van der Waals surface area (Å²) in [4.78, 5) is 15.1. The van der Waals surface area contributed by atoms with E-state index in [1.54, 1.807) is 12.1 Å². The van der Waals surface area contributed by atoms with Crippen LogP contribution in [0.4, 0.5) is 0 Å². The maximum absolute atomic E-state index is 12.6. The molecule has 4 rings (SSSR count). The van der Waals surface area contributed by atoms with Gasteiger partial charge in [0.15, 0.2) is 0 Å². The van der Waals surface area contributed by atoms with Gasteiger partial charge in [-0.15, -0.1) is 11.3 Å². The number of hydrogen-bond acceptors (Lipinski definition) is 6. The van der Waals surface area contributed by atoms with E-state index in [0.29, 0.717) is 28.9 Å². The van der Waals surface area contributed by atoms with Crippen molar-refractivity contribution < 1.29 is 17.9 Å². The molecule has 1 aromatic carbocycles. The van der Waals surface area contributed by atoms with Crippen LogP contribution in [0.15, 0.2) is 28.5 Å². The molecular weight excluding hydrogens is 562 g/mol. The third-order valence-corrected chi connectivity index (χ3v) is 10.8. The molecule has 0 spiro atoms. The smallest absolute Gasteiger partial charge is 0.273 e. The second kappa shape index (κ2) is 11.1. The molecule has 2 aliphatic rings. The molecule has 34 heavy (non-hydrogen) atoms. The fourth-order valence-electron chi connectivity index (χ4n) is 4.53. The van der Waals surface area contributed by atoms with E-state index in [0.717, 1.165) is 55.9 Å². The molecule has 0 atom stereocenters. The molecular formula is C22H24Cl4N2O4S2. The zero-order valence-electron chi connectivity index (χ0n) is 18.1. The van der Waals surface area contributed by atoms with Gasteiger partial charge in [-0.25, -0.2) is 13.1 Å². The fourth-order valence-corrected chi connectivity index (χ4v) is 7.74. The number of nitrogens with one attached hydrogen (secondary N) is 1. The molecule has 0 unspecified atom stereocenters. The van der Waals surface area contributed by atoms with Crippen LogP contribution in [0, 0.1) is 5.92 Å². The Bertz CT molecular complexity index is 1120. The quantitative estimate of drug-likeness (QED) is 0.432. The largest absolute Gasteiger partial charge is 0.490 e. The number of halogens is 4. The highest BCUT2D eigenvalue weighted by atomic mass is 35.5. The number of thiophene rings is 1. The minimum Gasteiger partial charge on any atom is -0.490 e. The molecule has 2 aromatic rings. The molecule has 2 heterocycles. The molecule has 0 radical (unpaired) electrons. The lowest BCUT2D eigenvalue weighted by Gasteiger charge is -2.40. The lowest BCUT2D eigenvalue weighted by atomic mass is 9.84. The Morgan fingerprint density at radius 3 is 2.21 bits per heavy atom. The Hall–Kier alpha value is -0.740. The predicted molar refractivity (Wildman–Crippen MR) is 137 cm³/mol. The predicted octanol–water partition coefficient (Wildman–Crippen LogP) is 6.27. The Morgan fingerprint density at radius 1 is 0.941 bits per heavy atom. The number of carbonyl (C=O) groups excluding carboxylic acids is 1. The highest BCUT2D eigenvalue weighted by Crippen LogP contribution is 2.35. The van der Waals surface area contributed by atoms with Gasteiger partial charge in [0.25, 0.3) is 10.0 Å². The van der Waals surface area contributed by atoms with E-state index >= 15 is 0 Å². The van der Waals surface area contributed by atoms with Gasteiger partial charge in [0.05, 0.1) is 15.1 Å². The van der Waals surface area contributed by atoms with E-state index in [-0.39, 0.29) is 25.6 Å². The van der Waals surface area contributed by atoms with Crippen LogP contribution < -0.4 is 9.46 Å². The van der Waals surface area contributed by atoms with Gasteiger partial charge in [-0.05, 0) is 56.7 Å². The number of carbonyl (C=O) groups is 1. The number of hydrogen-bond donors (Lipinski definition) is 1. The van der Waals surface area contributed by atoms with Crippen molar-refractivity contribution in [3.05, 3.63) is 43.7 Å². The molecule has 0 bridgehead atoms. The van der Waals surface area contributed by atoms with E-state index < -0.39 is 15.9 Å². The Labute approximate surface area is 223 Å². The summed E-state index contributed by atoms with van der Waals surface area (Å²) in [7, 11) is -3.97. The van der Waals surface area contributed by atoms with Crippen molar-refractivity contribution in [1.29, 1.82) is 0 Å². The van der Waals surface area contributed by atoms with Crippen LogP contribution in [-0.4, -0.2) is 44.5 Å². The van der Waals surface area contributed by atoms with Gasteiger partial charge in [0, 0.05) is 31.1 Å². The van der Waals surface area contributed by atoms with E-state index in [4.69, 9.17) is 51.1 Å². The number of rotatable bonds is 6. The number of ether oxygens (including phenoxy) is 1. The summed E-state index contributed by atoms with van der Waals surface area (Å²) in [5.74, 6) is -0.0679. The molecule has 1 aliphatic heterocycles. The highest BCUT2D eigenvalue weighted by Gasteiger charge is 2.33. The van der Waals surface area contributed by atoms with Crippen molar-refractivity contribution >= 4 is 73.7 Å². The van der Waals surface area contributed by atoms with Gasteiger partial charge in [-0.2, -0.15) is 0 Å². The first-order valence-corrected chi connectivity index (χ1v) is 14.8. The number of piperidine rings is 1. The summed E-state index contributed by atoms with van der Waals surface area (Å²) in [5.41, 5.74) is 0. The van der Waals surface area contributed by atoms with Crippen molar-refractivity contribution in [2.75, 3.05) is 13.1 Å². The second-order valence-electron chi connectivity index (χ2n) is 8.59. The number of sulfonamides is 1. The number of likely N-dealkylation sites (tertiary alicyclic amines) is 1.